The lowest BCUT2D eigenvalue weighted by Crippen LogP contribution is -2.66. The van der Waals surface area contributed by atoms with Crippen LogP contribution < -0.4 is 11.3 Å². The lowest BCUT2D eigenvalue weighted by molar-refractivity contribution is -0.373. The largest absolute Gasteiger partial charge is 0.550 e. The highest BCUT2D eigenvalue weighted by Crippen LogP contribution is 2.55. The normalized spacial score (nSPS) is 53.2. The number of carbonyl (C=O) groups is 1. The fourth-order valence-corrected chi connectivity index (χ4v) is 12.7. The van der Waals surface area contributed by atoms with Gasteiger partial charge in [-0.3, -0.25) is 0 Å². The second kappa shape index (κ2) is 19.9. The minimum absolute atomic E-state index is 0. The maximum atomic E-state index is 11.8. The molecule has 7 rings (SSSR count). The number of hydrogen-bond acceptors (Lipinski definition) is 17. The third kappa shape index (κ3) is 10.1. The quantitative estimate of drug-likeness (QED) is 0.207. The summed E-state index contributed by atoms with van der Waals surface area (Å²) in [4.78, 5) is 11.8. The van der Waals surface area contributed by atoms with Gasteiger partial charge in [0.05, 0.1) is 72.2 Å². The zero-order valence-electron chi connectivity index (χ0n) is 41.4. The summed E-state index contributed by atoms with van der Waals surface area (Å²) in [5.74, 6) is -7.58. The molecular weight excluding hydrogens is 851 g/mol. The predicted octanol–water partition coefficient (Wildman–Crippen LogP) is 3.36. The van der Waals surface area contributed by atoms with Gasteiger partial charge in [0.1, 0.15) is 18.3 Å². The molecule has 0 aromatic heterocycles. The smallest absolute Gasteiger partial charge is 0.176 e. The van der Waals surface area contributed by atoms with Crippen LogP contribution in [0.25, 0.3) is 0 Å². The molecule has 7 aliphatic heterocycles. The second-order valence-corrected chi connectivity index (χ2v) is 21.3. The van der Waals surface area contributed by atoms with Crippen molar-refractivity contribution in [1.82, 2.24) is 6.15 Å². The van der Waals surface area contributed by atoms with Crippen LogP contribution in [-0.4, -0.2) is 164 Å². The van der Waals surface area contributed by atoms with Gasteiger partial charge in [-0.25, -0.2) is 0 Å². The van der Waals surface area contributed by atoms with Crippen LogP contribution in [0.2, 0.25) is 0 Å². The molecule has 24 atom stereocenters. The fourth-order valence-electron chi connectivity index (χ4n) is 12.7. The molecule has 7 aliphatic rings. The maximum absolute atomic E-state index is 11.8. The number of aliphatic hydroxyl groups excluding tert-OH is 1. The molecular formula is C47H83NO17. The van der Waals surface area contributed by atoms with Gasteiger partial charge in [0.15, 0.2) is 23.7 Å². The second-order valence-electron chi connectivity index (χ2n) is 21.3. The molecule has 378 valence electrons. The van der Waals surface area contributed by atoms with Crippen molar-refractivity contribution in [3.8, 4) is 0 Å². The first-order valence-electron chi connectivity index (χ1n) is 23.8. The maximum Gasteiger partial charge on any atom is 0.176 e. The summed E-state index contributed by atoms with van der Waals surface area (Å²) in [5, 5.41) is 46.4. The molecule has 0 aliphatic carbocycles. The van der Waals surface area contributed by atoms with E-state index in [0.29, 0.717) is 38.5 Å². The van der Waals surface area contributed by atoms with Crippen LogP contribution in [0.3, 0.4) is 0 Å². The van der Waals surface area contributed by atoms with Crippen molar-refractivity contribution in [2.45, 2.75) is 234 Å². The van der Waals surface area contributed by atoms with E-state index < -0.39 is 102 Å². The van der Waals surface area contributed by atoms with E-state index in [2.05, 4.69) is 13.8 Å². The van der Waals surface area contributed by atoms with Gasteiger partial charge in [-0.15, -0.1) is 0 Å². The Morgan fingerprint density at radius 2 is 1.46 bits per heavy atom. The van der Waals surface area contributed by atoms with Crippen molar-refractivity contribution >= 4 is 5.97 Å². The van der Waals surface area contributed by atoms with E-state index in [1.165, 1.54) is 14.2 Å². The summed E-state index contributed by atoms with van der Waals surface area (Å²) in [6, 6.07) is 0. The number of hydrogen-bond donors (Lipinski definition) is 4. The first-order chi connectivity index (χ1) is 30.0. The Bertz CT molecular complexity index is 1610. The lowest BCUT2D eigenvalue weighted by atomic mass is 9.75. The van der Waals surface area contributed by atoms with Crippen molar-refractivity contribution in [2.24, 2.45) is 29.6 Å². The van der Waals surface area contributed by atoms with Gasteiger partial charge in [0.2, 0.25) is 0 Å². The van der Waals surface area contributed by atoms with E-state index in [1.54, 1.807) is 28.1 Å². The molecule has 0 saturated carbocycles. The number of rotatable bonds is 13. The van der Waals surface area contributed by atoms with Crippen molar-refractivity contribution in [2.75, 3.05) is 28.4 Å². The molecule has 1 spiro atoms. The molecule has 18 heteroatoms. The third-order valence-electron chi connectivity index (χ3n) is 16.8. The molecule has 7 N–H and O–H groups in total. The first kappa shape index (κ1) is 53.2. The average Bonchev–Trinajstić information content (AvgIpc) is 3.94. The number of carbonyl (C=O) groups excluding carboxylic acids is 1. The summed E-state index contributed by atoms with van der Waals surface area (Å²) in [7, 11) is 6.34. The molecule has 0 aromatic rings. The minimum Gasteiger partial charge on any atom is -0.550 e. The van der Waals surface area contributed by atoms with Gasteiger partial charge >= 0.3 is 0 Å². The van der Waals surface area contributed by atoms with Crippen LogP contribution in [0.1, 0.15) is 120 Å². The van der Waals surface area contributed by atoms with E-state index in [4.69, 9.17) is 56.8 Å². The topological polar surface area (TPSA) is 248 Å². The molecule has 18 nitrogen and oxygen atoms in total. The number of methoxy groups -OCH3 is 4. The number of ether oxygens (including phenoxy) is 12. The predicted molar refractivity (Wildman–Crippen MR) is 231 cm³/mol. The zero-order valence-corrected chi connectivity index (χ0v) is 41.4. The van der Waals surface area contributed by atoms with Crippen LogP contribution in [-0.2, 0) is 61.6 Å². The summed E-state index contributed by atoms with van der Waals surface area (Å²) in [6.07, 6.45) is -3.46. The molecule has 0 unspecified atom stereocenters. The lowest BCUT2D eigenvalue weighted by Gasteiger charge is -2.54. The summed E-state index contributed by atoms with van der Waals surface area (Å²) in [6.45, 7) is 17.4. The highest BCUT2D eigenvalue weighted by Gasteiger charge is 2.63. The number of carboxylic acid groups (broad SMARTS) is 1. The Labute approximate surface area is 385 Å². The van der Waals surface area contributed by atoms with Crippen LogP contribution >= 0.6 is 0 Å². The fraction of sp³-hybridized carbons (Fsp3) is 0.979. The van der Waals surface area contributed by atoms with Crippen LogP contribution in [0.15, 0.2) is 0 Å². The Morgan fingerprint density at radius 3 is 2.09 bits per heavy atom. The van der Waals surface area contributed by atoms with Crippen molar-refractivity contribution in [1.29, 1.82) is 0 Å². The Balaban J connectivity index is 0.00000700. The van der Waals surface area contributed by atoms with Gasteiger partial charge in [-0.05, 0) is 59.3 Å². The van der Waals surface area contributed by atoms with Crippen molar-refractivity contribution in [3.05, 3.63) is 0 Å². The third-order valence-corrected chi connectivity index (χ3v) is 16.8. The SMILES string of the molecule is CO[C@@H]1[C@@H]([C@@H](C)[C@@H]2O[C@]3(CC[C@](C)([C@@H]4CC[C@](C)([C@H]5O[C@H]([C@@H]6O[C@@](C)(O)[C@@H](C)C[C@H]6C)C[C@H]5O[C@H]5C[C@@H](OC)[C@H](OC)[C@@H](C)O5)O4)O3)C[C@@H](O)[C@@H]2C)O[C@@](O)(CC(=O)[O-])[C@H](C)[C@H]1OC.[NH4+]. The van der Waals surface area contributed by atoms with Crippen LogP contribution in [0.5, 0.6) is 0 Å². The van der Waals surface area contributed by atoms with Crippen LogP contribution in [0.4, 0.5) is 0 Å². The molecule has 7 saturated heterocycles. The van der Waals surface area contributed by atoms with Crippen molar-refractivity contribution < 1.29 is 82.1 Å². The van der Waals surface area contributed by atoms with E-state index >= 15 is 0 Å². The summed E-state index contributed by atoms with van der Waals surface area (Å²) >= 11 is 0. The minimum atomic E-state index is -2.09. The monoisotopic (exact) mass is 934 g/mol. The van der Waals surface area contributed by atoms with Crippen molar-refractivity contribution in [3.63, 3.8) is 0 Å². The van der Waals surface area contributed by atoms with E-state index in [-0.39, 0.29) is 66.9 Å². The highest BCUT2D eigenvalue weighted by atomic mass is 16.7. The summed E-state index contributed by atoms with van der Waals surface area (Å²) in [5.41, 5.74) is -1.61. The highest BCUT2D eigenvalue weighted by molar-refractivity contribution is 5.65. The number of carboxylic acids is 1. The molecule has 0 amide bonds. The van der Waals surface area contributed by atoms with E-state index in [9.17, 15) is 25.2 Å². The zero-order chi connectivity index (χ0) is 46.9. The molecule has 7 heterocycles. The number of aliphatic hydroxyl groups is 3. The average molecular weight is 934 g/mol. The van der Waals surface area contributed by atoms with Gasteiger partial charge < -0.3 is 88.2 Å². The van der Waals surface area contributed by atoms with Crippen LogP contribution in [0, 0.1) is 29.6 Å². The molecule has 0 radical (unpaired) electrons. The number of quaternary nitrogens is 1. The first-order valence-corrected chi connectivity index (χ1v) is 23.8. The standard InChI is InChI=1S/C47H80O17.H3N/c1-23-18-24(2)45(9,51)61-36(23)31-19-32(58-35-20-30(53-10)40(55-12)28(6)57-35)42(59-31)44(8)15-14-33(60-44)43(7)16-17-46(64-43)21-29(48)25(3)37(62-46)26(4)38-41(56-13)39(54-11)27(5)47(52,63-38)22-34(49)50;/h23-33,35-42,48,51-52H,14-22H2,1-13H3,(H,49,50);1H3/t23-,24+,25+,26+,27-,28-,29-,30-,31+,32-,33+,35+,36-,37-,38-,39-,40-,41-,42+,43-,44-,45-,46+,47+;/m1./s1. The summed E-state index contributed by atoms with van der Waals surface area (Å²) < 4.78 is 77.5. The van der Waals surface area contributed by atoms with Gasteiger partial charge in [0, 0.05) is 90.2 Å². The van der Waals surface area contributed by atoms with Gasteiger partial charge in [-0.2, -0.15) is 0 Å². The van der Waals surface area contributed by atoms with Gasteiger partial charge in [0.25, 0.3) is 0 Å². The molecule has 7 fully saturated rings. The number of aliphatic carboxylic acids is 1. The van der Waals surface area contributed by atoms with E-state index in [0.717, 1.165) is 6.42 Å². The Hall–Kier alpha value is -1.17. The Morgan fingerprint density at radius 1 is 0.785 bits per heavy atom. The molecule has 0 aromatic carbocycles. The Kier molecular flexibility index (Phi) is 16.3. The van der Waals surface area contributed by atoms with Gasteiger partial charge in [-0.1, -0.05) is 34.6 Å². The molecule has 65 heavy (non-hydrogen) atoms. The molecule has 0 bridgehead atoms. The van der Waals surface area contributed by atoms with E-state index in [1.807, 2.05) is 34.6 Å².